The Morgan fingerprint density at radius 2 is 1.83 bits per heavy atom. The summed E-state index contributed by atoms with van der Waals surface area (Å²) in [6.45, 7) is 0.192. The summed E-state index contributed by atoms with van der Waals surface area (Å²) in [5.74, 6) is 3.03. The van der Waals surface area contributed by atoms with Gasteiger partial charge in [0.05, 0.1) is 18.1 Å². The monoisotopic (exact) mass is 282 g/mol. The lowest BCUT2D eigenvalue weighted by Gasteiger charge is -2.11. The summed E-state index contributed by atoms with van der Waals surface area (Å²) >= 11 is 2.62. The third-order valence-electron chi connectivity index (χ3n) is 2.31. The van der Waals surface area contributed by atoms with Crippen molar-refractivity contribution < 1.29 is 9.59 Å². The normalized spacial score (nSPS) is 24.4. The zero-order chi connectivity index (χ0) is 13.1. The van der Waals surface area contributed by atoms with Crippen LogP contribution in [0.25, 0.3) is 0 Å². The van der Waals surface area contributed by atoms with Gasteiger partial charge < -0.3 is 0 Å². The van der Waals surface area contributed by atoms with Gasteiger partial charge in [-0.15, -0.1) is 16.6 Å². The molecule has 0 bridgehead atoms. The molecule has 0 aromatic rings. The lowest BCUT2D eigenvalue weighted by atomic mass is 10.5. The molecule has 0 saturated carbocycles. The molecule has 2 amide bonds. The fourth-order valence-corrected chi connectivity index (χ4v) is 3.00. The number of hydrogen-bond donors (Lipinski definition) is 0. The summed E-state index contributed by atoms with van der Waals surface area (Å²) in [7, 11) is 1.65. The average molecular weight is 282 g/mol. The van der Waals surface area contributed by atoms with Crippen LogP contribution in [-0.4, -0.2) is 57.0 Å². The largest absolute Gasteiger partial charge is 0.292 e. The van der Waals surface area contributed by atoms with E-state index in [1.165, 1.54) is 33.3 Å². The van der Waals surface area contributed by atoms with Gasteiger partial charge in [0.1, 0.15) is 0 Å². The number of carbonyl (C=O) groups excluding carboxylic acids is 2. The molecule has 0 atom stereocenters. The van der Waals surface area contributed by atoms with Gasteiger partial charge in [-0.1, -0.05) is 29.4 Å². The van der Waals surface area contributed by atoms with Crippen molar-refractivity contribution in [3.05, 3.63) is 0 Å². The van der Waals surface area contributed by atoms with Crippen LogP contribution in [-0.2, 0) is 9.59 Å². The second kappa shape index (κ2) is 5.46. The molecule has 6 nitrogen and oxygen atoms in total. The van der Waals surface area contributed by atoms with Gasteiger partial charge in [-0.25, -0.2) is 0 Å². The van der Waals surface area contributed by atoms with Crippen LogP contribution in [0.2, 0.25) is 0 Å². The molecule has 2 rings (SSSR count). The third kappa shape index (κ3) is 2.52. The van der Waals surface area contributed by atoms with E-state index < -0.39 is 0 Å². The number of terminal acetylenes is 1. The van der Waals surface area contributed by atoms with Crippen LogP contribution in [0.15, 0.2) is 10.2 Å². The minimum Gasteiger partial charge on any atom is -0.292 e. The summed E-state index contributed by atoms with van der Waals surface area (Å²) in [5.41, 5.74) is 0. The molecular weight excluding hydrogens is 272 g/mol. The molecule has 0 spiro atoms. The summed E-state index contributed by atoms with van der Waals surface area (Å²) in [5, 5.41) is 9.02. The quantitative estimate of drug-likeness (QED) is 0.529. The number of nitrogens with zero attached hydrogens (tertiary/aromatic N) is 4. The molecule has 94 valence electrons. The first kappa shape index (κ1) is 13.0. The number of amidine groups is 2. The Morgan fingerprint density at radius 3 is 2.44 bits per heavy atom. The van der Waals surface area contributed by atoms with Crippen molar-refractivity contribution >= 4 is 45.7 Å². The van der Waals surface area contributed by atoms with E-state index in [4.69, 9.17) is 6.42 Å². The fraction of sp³-hybridized carbons (Fsp3) is 0.400. The van der Waals surface area contributed by atoms with Crippen molar-refractivity contribution in [2.24, 2.45) is 10.2 Å². The molecule has 2 aliphatic rings. The van der Waals surface area contributed by atoms with Crippen molar-refractivity contribution in [3.8, 4) is 12.3 Å². The highest BCUT2D eigenvalue weighted by Gasteiger charge is 2.28. The van der Waals surface area contributed by atoms with Crippen LogP contribution >= 0.6 is 23.5 Å². The zero-order valence-corrected chi connectivity index (χ0v) is 11.3. The van der Waals surface area contributed by atoms with Crippen molar-refractivity contribution in [2.45, 2.75) is 0 Å². The maximum atomic E-state index is 11.5. The van der Waals surface area contributed by atoms with Crippen LogP contribution < -0.4 is 0 Å². The first-order chi connectivity index (χ1) is 8.63. The SMILES string of the molecule is C#CCN1C(=O)CSC1=NN=C1SCC(=O)N1C. The molecular formula is C10H10N4O2S2. The van der Waals surface area contributed by atoms with Crippen LogP contribution in [0.5, 0.6) is 0 Å². The Kier molecular flexibility index (Phi) is 3.93. The van der Waals surface area contributed by atoms with E-state index in [2.05, 4.69) is 16.1 Å². The molecule has 2 fully saturated rings. The highest BCUT2D eigenvalue weighted by atomic mass is 32.2. The van der Waals surface area contributed by atoms with E-state index in [0.29, 0.717) is 21.8 Å². The lowest BCUT2D eigenvalue weighted by molar-refractivity contribution is -0.124. The molecule has 2 saturated heterocycles. The number of amides is 2. The van der Waals surface area contributed by atoms with Gasteiger partial charge in [0, 0.05) is 7.05 Å². The summed E-state index contributed by atoms with van der Waals surface area (Å²) < 4.78 is 0. The second-order valence-electron chi connectivity index (χ2n) is 3.48. The van der Waals surface area contributed by atoms with E-state index in [-0.39, 0.29) is 18.4 Å². The lowest BCUT2D eigenvalue weighted by Crippen LogP contribution is -2.30. The number of rotatable bonds is 2. The maximum Gasteiger partial charge on any atom is 0.239 e. The molecule has 2 aliphatic heterocycles. The van der Waals surface area contributed by atoms with E-state index in [0.717, 1.165) is 0 Å². The van der Waals surface area contributed by atoms with E-state index >= 15 is 0 Å². The first-order valence-electron chi connectivity index (χ1n) is 5.05. The summed E-state index contributed by atoms with van der Waals surface area (Å²) in [4.78, 5) is 25.6. The van der Waals surface area contributed by atoms with Crippen molar-refractivity contribution in [1.29, 1.82) is 0 Å². The van der Waals surface area contributed by atoms with Crippen LogP contribution in [0.4, 0.5) is 0 Å². The number of carbonyl (C=O) groups is 2. The van der Waals surface area contributed by atoms with Crippen LogP contribution in [0.1, 0.15) is 0 Å². The topological polar surface area (TPSA) is 65.3 Å². The standard InChI is InChI=1S/C10H10N4O2S2/c1-3-4-14-8(16)6-18-10(14)12-11-9-13(2)7(15)5-17-9/h1H,4-6H2,2H3. The first-order valence-corrected chi connectivity index (χ1v) is 7.02. The Bertz CT molecular complexity index is 495. The van der Waals surface area contributed by atoms with Gasteiger partial charge in [-0.05, 0) is 0 Å². The van der Waals surface area contributed by atoms with Crippen LogP contribution in [0, 0.1) is 12.3 Å². The van der Waals surface area contributed by atoms with Gasteiger partial charge in [-0.2, -0.15) is 0 Å². The zero-order valence-electron chi connectivity index (χ0n) is 9.62. The van der Waals surface area contributed by atoms with E-state index in [1.807, 2.05) is 0 Å². The smallest absolute Gasteiger partial charge is 0.239 e. The molecule has 0 radical (unpaired) electrons. The van der Waals surface area contributed by atoms with E-state index in [1.54, 1.807) is 7.05 Å². The average Bonchev–Trinajstić information content (AvgIpc) is 2.85. The molecule has 0 aliphatic carbocycles. The summed E-state index contributed by atoms with van der Waals surface area (Å²) in [6.07, 6.45) is 5.19. The molecule has 0 aromatic heterocycles. The molecule has 0 unspecified atom stereocenters. The highest BCUT2D eigenvalue weighted by Crippen LogP contribution is 2.21. The third-order valence-corrected chi connectivity index (χ3v) is 4.27. The Balaban J connectivity index is 2.14. The van der Waals surface area contributed by atoms with Crippen molar-refractivity contribution in [1.82, 2.24) is 9.80 Å². The van der Waals surface area contributed by atoms with Gasteiger partial charge in [0.2, 0.25) is 11.8 Å². The van der Waals surface area contributed by atoms with Gasteiger partial charge in [-0.3, -0.25) is 19.4 Å². The molecule has 8 heteroatoms. The minimum atomic E-state index is -0.0691. The highest BCUT2D eigenvalue weighted by molar-refractivity contribution is 8.15. The van der Waals surface area contributed by atoms with Gasteiger partial charge >= 0.3 is 0 Å². The van der Waals surface area contributed by atoms with Crippen LogP contribution in [0.3, 0.4) is 0 Å². The Morgan fingerprint density at radius 1 is 1.22 bits per heavy atom. The second-order valence-corrected chi connectivity index (χ2v) is 5.36. The minimum absolute atomic E-state index is 0.00502. The molecule has 0 N–H and O–H groups in total. The molecule has 2 heterocycles. The Hall–Kier alpha value is -1.46. The van der Waals surface area contributed by atoms with Gasteiger partial charge in [0.15, 0.2) is 10.3 Å². The maximum absolute atomic E-state index is 11.5. The fourth-order valence-electron chi connectivity index (χ4n) is 1.33. The Labute approximate surface area is 113 Å². The molecule has 18 heavy (non-hydrogen) atoms. The number of thioether (sulfide) groups is 2. The summed E-state index contributed by atoms with van der Waals surface area (Å²) in [6, 6.07) is 0. The van der Waals surface area contributed by atoms with Crippen molar-refractivity contribution in [3.63, 3.8) is 0 Å². The van der Waals surface area contributed by atoms with Crippen molar-refractivity contribution in [2.75, 3.05) is 25.1 Å². The molecule has 0 aromatic carbocycles. The predicted octanol–water partition coefficient (Wildman–Crippen LogP) is 0.0272. The van der Waals surface area contributed by atoms with Gasteiger partial charge in [0.25, 0.3) is 0 Å². The van der Waals surface area contributed by atoms with E-state index in [9.17, 15) is 9.59 Å². The number of hydrogen-bond acceptors (Lipinski definition) is 6. The predicted molar refractivity (Wildman–Crippen MR) is 73.1 cm³/mol.